The molecule has 3 nitrogen and oxygen atoms in total. The number of hydrogen-bond donors (Lipinski definition) is 1. The van der Waals surface area contributed by atoms with E-state index in [0.29, 0.717) is 0 Å². The summed E-state index contributed by atoms with van der Waals surface area (Å²) >= 11 is 0. The summed E-state index contributed by atoms with van der Waals surface area (Å²) in [6.07, 6.45) is 41.0. The maximum Gasteiger partial charge on any atom is 0.406 e. The van der Waals surface area contributed by atoms with Gasteiger partial charge >= 0.3 is 6.09 Å². The summed E-state index contributed by atoms with van der Waals surface area (Å²) in [4.78, 5) is 10.9. The highest BCUT2D eigenvalue weighted by molar-refractivity contribution is 5.66. The molecule has 0 aromatic heterocycles. The Hall–Kier alpha value is -0.730. The van der Waals surface area contributed by atoms with Crippen molar-refractivity contribution in [2.24, 2.45) is 0 Å². The van der Waals surface area contributed by atoms with Gasteiger partial charge in [0, 0.05) is 6.54 Å². The quantitative estimate of drug-likeness (QED) is 0.0977. The Balaban J connectivity index is 3.03. The minimum atomic E-state index is -0.310. The second-order valence-corrected chi connectivity index (χ2v) is 11.3. The summed E-state index contributed by atoms with van der Waals surface area (Å²) in [5.41, 5.74) is 0. The van der Waals surface area contributed by atoms with Crippen LogP contribution in [0.3, 0.4) is 0 Å². The van der Waals surface area contributed by atoms with Gasteiger partial charge in [-0.25, -0.2) is 4.79 Å². The maximum atomic E-state index is 10.9. The average molecular weight is 510 g/mol. The molecule has 0 unspecified atom stereocenters. The lowest BCUT2D eigenvalue weighted by Crippen LogP contribution is -2.23. The van der Waals surface area contributed by atoms with Crippen molar-refractivity contribution in [2.45, 2.75) is 193 Å². The predicted molar refractivity (Wildman–Crippen MR) is 160 cm³/mol. The number of amides is 1. The van der Waals surface area contributed by atoms with Crippen LogP contribution in [-0.2, 0) is 4.74 Å². The summed E-state index contributed by atoms with van der Waals surface area (Å²) in [5, 5.41) is 2.74. The van der Waals surface area contributed by atoms with Crippen LogP contribution < -0.4 is 5.32 Å². The first-order chi connectivity index (χ1) is 17.8. The number of alkyl carbamates (subject to hydrolysis) is 1. The van der Waals surface area contributed by atoms with Gasteiger partial charge in [-0.2, -0.15) is 0 Å². The highest BCUT2D eigenvalue weighted by Crippen LogP contribution is 2.16. The molecule has 0 saturated carbocycles. The van der Waals surface area contributed by atoms with Crippen LogP contribution >= 0.6 is 0 Å². The van der Waals surface area contributed by atoms with Crippen LogP contribution in [0.4, 0.5) is 4.79 Å². The molecule has 0 heterocycles. The van der Waals surface area contributed by atoms with E-state index in [4.69, 9.17) is 0 Å². The predicted octanol–water partition coefficient (Wildman–Crippen LogP) is 11.7. The van der Waals surface area contributed by atoms with E-state index >= 15 is 0 Å². The monoisotopic (exact) mass is 510 g/mol. The number of carbonyl (C=O) groups is 1. The van der Waals surface area contributed by atoms with E-state index in [9.17, 15) is 4.79 Å². The SMILES string of the molecule is CCCCCCCCCCCCCCCCCCCCCCCCCCCCCCCNC(=O)OC. The molecule has 0 atom stereocenters. The topological polar surface area (TPSA) is 38.3 Å². The molecule has 0 aliphatic carbocycles. The van der Waals surface area contributed by atoms with Crippen LogP contribution in [0.1, 0.15) is 193 Å². The Kier molecular flexibility index (Phi) is 31.6. The van der Waals surface area contributed by atoms with Crippen LogP contribution in [-0.4, -0.2) is 19.7 Å². The van der Waals surface area contributed by atoms with Crippen molar-refractivity contribution >= 4 is 6.09 Å². The summed E-state index contributed by atoms with van der Waals surface area (Å²) in [5.74, 6) is 0. The van der Waals surface area contributed by atoms with Crippen molar-refractivity contribution in [3.8, 4) is 0 Å². The minimum Gasteiger partial charge on any atom is -0.453 e. The van der Waals surface area contributed by atoms with Gasteiger partial charge in [0.05, 0.1) is 7.11 Å². The van der Waals surface area contributed by atoms with Crippen molar-refractivity contribution in [3.05, 3.63) is 0 Å². The van der Waals surface area contributed by atoms with Gasteiger partial charge in [0.2, 0.25) is 0 Å². The van der Waals surface area contributed by atoms with Gasteiger partial charge in [-0.3, -0.25) is 0 Å². The molecule has 0 aliphatic heterocycles. The number of hydrogen-bond acceptors (Lipinski definition) is 2. The number of rotatable bonds is 30. The molecule has 0 aliphatic rings. The third-order valence-corrected chi connectivity index (χ3v) is 7.74. The first kappa shape index (κ1) is 35.3. The van der Waals surface area contributed by atoms with Crippen molar-refractivity contribution in [1.29, 1.82) is 0 Å². The average Bonchev–Trinajstić information content (AvgIpc) is 2.89. The first-order valence-corrected chi connectivity index (χ1v) is 16.6. The van der Waals surface area contributed by atoms with E-state index in [1.807, 2.05) is 0 Å². The van der Waals surface area contributed by atoms with E-state index in [1.165, 1.54) is 187 Å². The fraction of sp³-hybridized carbons (Fsp3) is 0.970. The summed E-state index contributed by atoms with van der Waals surface area (Å²) in [6, 6.07) is 0. The Bertz CT molecular complexity index is 412. The maximum absolute atomic E-state index is 10.9. The Morgan fingerprint density at radius 1 is 0.417 bits per heavy atom. The van der Waals surface area contributed by atoms with Crippen LogP contribution in [0.5, 0.6) is 0 Å². The normalized spacial score (nSPS) is 11.2. The van der Waals surface area contributed by atoms with Crippen molar-refractivity contribution in [3.63, 3.8) is 0 Å². The fourth-order valence-electron chi connectivity index (χ4n) is 5.23. The lowest BCUT2D eigenvalue weighted by molar-refractivity contribution is 0.171. The molecule has 0 radical (unpaired) electrons. The van der Waals surface area contributed by atoms with Crippen molar-refractivity contribution in [2.75, 3.05) is 13.7 Å². The van der Waals surface area contributed by atoms with Gasteiger partial charge in [0.15, 0.2) is 0 Å². The lowest BCUT2D eigenvalue weighted by atomic mass is 10.0. The number of nitrogens with one attached hydrogen (secondary N) is 1. The molecular formula is C33H67NO2. The molecule has 0 spiro atoms. The molecule has 216 valence electrons. The van der Waals surface area contributed by atoms with Crippen molar-refractivity contribution < 1.29 is 9.53 Å². The largest absolute Gasteiger partial charge is 0.453 e. The zero-order chi connectivity index (χ0) is 26.2. The Labute approximate surface area is 227 Å². The van der Waals surface area contributed by atoms with Crippen LogP contribution in [0.15, 0.2) is 0 Å². The van der Waals surface area contributed by atoms with Crippen LogP contribution in [0.2, 0.25) is 0 Å². The standard InChI is InChI=1S/C33H67NO2/c1-3-4-5-6-7-8-9-10-11-12-13-14-15-16-17-18-19-20-21-22-23-24-25-26-27-28-29-30-31-32-34-33(35)36-2/h3-32H2,1-2H3,(H,34,35). The number of ether oxygens (including phenoxy) is 1. The van der Waals surface area contributed by atoms with E-state index in [-0.39, 0.29) is 6.09 Å². The second kappa shape index (κ2) is 32.3. The fourth-order valence-corrected chi connectivity index (χ4v) is 5.23. The van der Waals surface area contributed by atoms with Gasteiger partial charge in [-0.1, -0.05) is 187 Å². The van der Waals surface area contributed by atoms with Gasteiger partial charge in [-0.15, -0.1) is 0 Å². The molecule has 0 bridgehead atoms. The number of methoxy groups -OCH3 is 1. The third-order valence-electron chi connectivity index (χ3n) is 7.74. The molecule has 0 aromatic carbocycles. The van der Waals surface area contributed by atoms with E-state index in [0.717, 1.165) is 13.0 Å². The van der Waals surface area contributed by atoms with Crippen LogP contribution in [0, 0.1) is 0 Å². The van der Waals surface area contributed by atoms with E-state index < -0.39 is 0 Å². The van der Waals surface area contributed by atoms with Gasteiger partial charge in [-0.05, 0) is 6.42 Å². The molecule has 0 aromatic rings. The zero-order valence-corrected chi connectivity index (χ0v) is 25.0. The summed E-state index contributed by atoms with van der Waals surface area (Å²) in [7, 11) is 1.41. The smallest absolute Gasteiger partial charge is 0.406 e. The summed E-state index contributed by atoms with van der Waals surface area (Å²) in [6.45, 7) is 3.04. The molecule has 1 amide bonds. The van der Waals surface area contributed by atoms with Gasteiger partial charge in [0.25, 0.3) is 0 Å². The summed E-state index contributed by atoms with van der Waals surface area (Å²) < 4.78 is 4.56. The van der Waals surface area contributed by atoms with Crippen LogP contribution in [0.25, 0.3) is 0 Å². The Morgan fingerprint density at radius 2 is 0.639 bits per heavy atom. The molecule has 0 saturated heterocycles. The molecule has 3 heteroatoms. The third kappa shape index (κ3) is 31.3. The molecule has 0 fully saturated rings. The Morgan fingerprint density at radius 3 is 0.861 bits per heavy atom. The van der Waals surface area contributed by atoms with E-state index in [1.54, 1.807) is 0 Å². The lowest BCUT2D eigenvalue weighted by Gasteiger charge is -2.05. The highest BCUT2D eigenvalue weighted by atomic mass is 16.5. The molecule has 0 rings (SSSR count). The van der Waals surface area contributed by atoms with E-state index in [2.05, 4.69) is 17.0 Å². The zero-order valence-electron chi connectivity index (χ0n) is 25.0. The van der Waals surface area contributed by atoms with Gasteiger partial charge in [0.1, 0.15) is 0 Å². The van der Waals surface area contributed by atoms with Crippen molar-refractivity contribution in [1.82, 2.24) is 5.32 Å². The molecular weight excluding hydrogens is 442 g/mol. The highest BCUT2D eigenvalue weighted by Gasteiger charge is 1.98. The van der Waals surface area contributed by atoms with Gasteiger partial charge < -0.3 is 10.1 Å². The first-order valence-electron chi connectivity index (χ1n) is 16.6. The molecule has 36 heavy (non-hydrogen) atoms. The minimum absolute atomic E-state index is 0.310. The second-order valence-electron chi connectivity index (χ2n) is 11.3. The number of carbonyl (C=O) groups excluding carboxylic acids is 1. The molecule has 1 N–H and O–H groups in total. The number of unbranched alkanes of at least 4 members (excludes halogenated alkanes) is 28.